The maximum Gasteiger partial charge on any atom is 0.268 e. The molecule has 0 aliphatic carbocycles. The van der Waals surface area contributed by atoms with E-state index in [4.69, 9.17) is 0 Å². The Bertz CT molecular complexity index is 697. The molecule has 4 nitrogen and oxygen atoms in total. The number of likely N-dealkylation sites (tertiary alicyclic amines) is 1. The molecule has 1 aromatic heterocycles. The molecule has 3 rings (SSSR count). The van der Waals surface area contributed by atoms with Crippen LogP contribution in [0, 0.1) is 0 Å². The lowest BCUT2D eigenvalue weighted by atomic mass is 10.0. The molecule has 0 saturated carbocycles. The van der Waals surface area contributed by atoms with Gasteiger partial charge in [0, 0.05) is 11.6 Å². The summed E-state index contributed by atoms with van der Waals surface area (Å²) < 4.78 is 1.59. The summed E-state index contributed by atoms with van der Waals surface area (Å²) in [4.78, 5) is 14.4. The van der Waals surface area contributed by atoms with Crippen LogP contribution < -0.4 is 5.56 Å². The van der Waals surface area contributed by atoms with Gasteiger partial charge in [-0.15, -0.1) is 0 Å². The van der Waals surface area contributed by atoms with E-state index >= 15 is 0 Å². The molecule has 2 heterocycles. The summed E-state index contributed by atoms with van der Waals surface area (Å²) in [6, 6.07) is 11.9. The topological polar surface area (TPSA) is 38.1 Å². The van der Waals surface area contributed by atoms with Crippen molar-refractivity contribution >= 4 is 0 Å². The van der Waals surface area contributed by atoms with Crippen LogP contribution >= 0.6 is 0 Å². The largest absolute Gasteiger partial charge is 0.284 e. The molecule has 0 N–H and O–H groups in total. The minimum atomic E-state index is -0.0295. The molecule has 122 valence electrons. The fourth-order valence-corrected chi connectivity index (χ4v) is 3.03. The number of nitrogens with zero attached hydrogens (tertiary/aromatic N) is 3. The molecule has 1 aliphatic heterocycles. The van der Waals surface area contributed by atoms with Gasteiger partial charge in [0.25, 0.3) is 5.56 Å². The Morgan fingerprint density at radius 2 is 1.70 bits per heavy atom. The zero-order valence-corrected chi connectivity index (χ0v) is 14.0. The van der Waals surface area contributed by atoms with Crippen LogP contribution in [0.1, 0.15) is 44.6 Å². The van der Waals surface area contributed by atoms with Crippen LogP contribution in [0.5, 0.6) is 0 Å². The molecule has 0 spiro atoms. The predicted molar refractivity (Wildman–Crippen MR) is 93.4 cm³/mol. The van der Waals surface area contributed by atoms with Crippen molar-refractivity contribution in [3.63, 3.8) is 0 Å². The molecule has 23 heavy (non-hydrogen) atoms. The molecular weight excluding hydrogens is 286 g/mol. The minimum Gasteiger partial charge on any atom is -0.284 e. The highest BCUT2D eigenvalue weighted by molar-refractivity contribution is 5.58. The van der Waals surface area contributed by atoms with Crippen molar-refractivity contribution in [2.45, 2.75) is 45.7 Å². The van der Waals surface area contributed by atoms with Crippen LogP contribution in [-0.2, 0) is 6.67 Å². The van der Waals surface area contributed by atoms with E-state index in [-0.39, 0.29) is 5.56 Å². The van der Waals surface area contributed by atoms with Crippen LogP contribution in [0.15, 0.2) is 41.2 Å². The standard InChI is InChI=1S/C19H25N3O/c1-15(2)16-6-8-17(9-7-16)18-10-11-19(23)22(20-18)14-21-12-4-3-5-13-21/h6-11,15H,3-5,12-14H2,1-2H3. The summed E-state index contributed by atoms with van der Waals surface area (Å²) in [6.45, 7) is 7.08. The Kier molecular flexibility index (Phi) is 4.91. The lowest BCUT2D eigenvalue weighted by Crippen LogP contribution is -2.36. The van der Waals surface area contributed by atoms with E-state index in [0.717, 1.165) is 24.3 Å². The molecule has 1 aromatic carbocycles. The molecule has 0 radical (unpaired) electrons. The third-order valence-corrected chi connectivity index (χ3v) is 4.52. The second-order valence-corrected chi connectivity index (χ2v) is 6.65. The van der Waals surface area contributed by atoms with E-state index in [0.29, 0.717) is 12.6 Å². The SMILES string of the molecule is CC(C)c1ccc(-c2ccc(=O)n(CN3CCCCC3)n2)cc1. The molecule has 1 fully saturated rings. The Hall–Kier alpha value is -1.94. The van der Waals surface area contributed by atoms with Gasteiger partial charge in [0.1, 0.15) is 0 Å². The van der Waals surface area contributed by atoms with Crippen molar-refractivity contribution in [3.8, 4) is 11.3 Å². The van der Waals surface area contributed by atoms with Crippen LogP contribution in [0.4, 0.5) is 0 Å². The Morgan fingerprint density at radius 3 is 2.35 bits per heavy atom. The van der Waals surface area contributed by atoms with Gasteiger partial charge in [-0.25, -0.2) is 4.68 Å². The molecule has 4 heteroatoms. The number of aromatic nitrogens is 2. The average Bonchev–Trinajstić information content (AvgIpc) is 2.58. The molecule has 0 unspecified atom stereocenters. The number of piperidine rings is 1. The van der Waals surface area contributed by atoms with E-state index < -0.39 is 0 Å². The summed E-state index contributed by atoms with van der Waals surface area (Å²) in [5, 5.41) is 4.57. The first kappa shape index (κ1) is 15.9. The number of hydrogen-bond donors (Lipinski definition) is 0. The normalized spacial score (nSPS) is 16.0. The minimum absolute atomic E-state index is 0.0295. The summed E-state index contributed by atoms with van der Waals surface area (Å²) in [5.74, 6) is 0.519. The summed E-state index contributed by atoms with van der Waals surface area (Å²) in [7, 11) is 0. The van der Waals surface area contributed by atoms with E-state index in [1.54, 1.807) is 10.7 Å². The second kappa shape index (κ2) is 7.09. The number of rotatable bonds is 4. The van der Waals surface area contributed by atoms with Gasteiger partial charge >= 0.3 is 0 Å². The van der Waals surface area contributed by atoms with E-state index in [2.05, 4.69) is 48.1 Å². The maximum absolute atomic E-state index is 12.1. The smallest absolute Gasteiger partial charge is 0.268 e. The van der Waals surface area contributed by atoms with Crippen LogP contribution in [-0.4, -0.2) is 27.8 Å². The monoisotopic (exact) mass is 311 g/mol. The lowest BCUT2D eigenvalue weighted by molar-refractivity contribution is 0.170. The van der Waals surface area contributed by atoms with Crippen molar-refractivity contribution in [3.05, 3.63) is 52.3 Å². The van der Waals surface area contributed by atoms with Crippen LogP contribution in [0.2, 0.25) is 0 Å². The van der Waals surface area contributed by atoms with Gasteiger partial charge in [-0.3, -0.25) is 9.69 Å². The molecule has 0 bridgehead atoms. The Labute approximate surface area is 137 Å². The molecule has 1 saturated heterocycles. The van der Waals surface area contributed by atoms with E-state index in [9.17, 15) is 4.79 Å². The maximum atomic E-state index is 12.1. The molecule has 1 aliphatic rings. The molecule has 0 amide bonds. The Morgan fingerprint density at radius 1 is 1.00 bits per heavy atom. The van der Waals surface area contributed by atoms with Gasteiger partial charge in [-0.05, 0) is 43.5 Å². The molecule has 0 atom stereocenters. The van der Waals surface area contributed by atoms with Gasteiger partial charge in [-0.2, -0.15) is 5.10 Å². The first-order chi connectivity index (χ1) is 11.1. The van der Waals surface area contributed by atoms with Crippen molar-refractivity contribution < 1.29 is 0 Å². The first-order valence-electron chi connectivity index (χ1n) is 8.54. The quantitative estimate of drug-likeness (QED) is 0.867. The fourth-order valence-electron chi connectivity index (χ4n) is 3.03. The van der Waals surface area contributed by atoms with Crippen LogP contribution in [0.25, 0.3) is 11.3 Å². The summed E-state index contributed by atoms with van der Waals surface area (Å²) in [6.07, 6.45) is 3.72. The predicted octanol–water partition coefficient (Wildman–Crippen LogP) is 3.48. The van der Waals surface area contributed by atoms with Crippen molar-refractivity contribution in [2.75, 3.05) is 13.1 Å². The number of benzene rings is 1. The zero-order valence-electron chi connectivity index (χ0n) is 14.0. The van der Waals surface area contributed by atoms with Gasteiger partial charge in [0.2, 0.25) is 0 Å². The van der Waals surface area contributed by atoms with Gasteiger partial charge in [-0.1, -0.05) is 44.5 Å². The first-order valence-corrected chi connectivity index (χ1v) is 8.54. The lowest BCUT2D eigenvalue weighted by Gasteiger charge is -2.26. The van der Waals surface area contributed by atoms with Gasteiger partial charge in [0.05, 0.1) is 12.4 Å². The van der Waals surface area contributed by atoms with E-state index in [1.165, 1.54) is 24.8 Å². The van der Waals surface area contributed by atoms with Gasteiger partial charge < -0.3 is 0 Å². The molecule has 2 aromatic rings. The van der Waals surface area contributed by atoms with Crippen molar-refractivity contribution in [2.24, 2.45) is 0 Å². The third-order valence-electron chi connectivity index (χ3n) is 4.52. The average molecular weight is 311 g/mol. The van der Waals surface area contributed by atoms with Crippen molar-refractivity contribution in [1.82, 2.24) is 14.7 Å². The molecular formula is C19H25N3O. The summed E-state index contributed by atoms with van der Waals surface area (Å²) >= 11 is 0. The Balaban J connectivity index is 1.82. The van der Waals surface area contributed by atoms with E-state index in [1.807, 2.05) is 6.07 Å². The second-order valence-electron chi connectivity index (χ2n) is 6.65. The van der Waals surface area contributed by atoms with Crippen LogP contribution in [0.3, 0.4) is 0 Å². The third kappa shape index (κ3) is 3.88. The fraction of sp³-hybridized carbons (Fsp3) is 0.474. The zero-order chi connectivity index (χ0) is 16.2. The van der Waals surface area contributed by atoms with Crippen molar-refractivity contribution in [1.29, 1.82) is 0 Å². The van der Waals surface area contributed by atoms with Gasteiger partial charge in [0.15, 0.2) is 0 Å². The number of hydrogen-bond acceptors (Lipinski definition) is 3. The highest BCUT2D eigenvalue weighted by atomic mass is 16.1. The summed E-state index contributed by atoms with van der Waals surface area (Å²) in [5.41, 5.74) is 3.20. The highest BCUT2D eigenvalue weighted by Crippen LogP contribution is 2.20. The highest BCUT2D eigenvalue weighted by Gasteiger charge is 2.12.